The molecule has 204 valence electrons. The molecule has 0 radical (unpaired) electrons. The van der Waals surface area contributed by atoms with Gasteiger partial charge in [0.05, 0.1) is 5.10 Å². The molecule has 3 rings (SSSR count). The number of hydrogen-bond acceptors (Lipinski definition) is 8. The third kappa shape index (κ3) is 5.56. The third-order valence-corrected chi connectivity index (χ3v) is 7.15. The van der Waals surface area contributed by atoms with Crippen molar-refractivity contribution in [3.63, 3.8) is 0 Å². The van der Waals surface area contributed by atoms with E-state index in [0.717, 1.165) is 52.2 Å². The fraction of sp³-hybridized carbons (Fsp3) is 0.444. The first-order valence-corrected chi connectivity index (χ1v) is 12.5. The summed E-state index contributed by atoms with van der Waals surface area (Å²) in [6.07, 6.45) is 2.72. The first-order chi connectivity index (χ1) is 17.7. The minimum Gasteiger partial charge on any atom is -0.506 e. The van der Waals surface area contributed by atoms with E-state index in [-0.39, 0.29) is 28.6 Å². The van der Waals surface area contributed by atoms with Crippen LogP contribution in [-0.2, 0) is 15.6 Å². The van der Waals surface area contributed by atoms with Crippen molar-refractivity contribution in [3.8, 4) is 22.9 Å². The highest BCUT2D eigenvalue weighted by Gasteiger charge is 2.30. The van der Waals surface area contributed by atoms with Crippen LogP contribution in [0.1, 0.15) is 78.9 Å². The average Bonchev–Trinajstić information content (AvgIpc) is 3.38. The molecule has 0 fully saturated rings. The molecule has 1 aromatic heterocycles. The largest absolute Gasteiger partial charge is 0.506 e. The molecule has 0 saturated carbocycles. The number of amides is 1. The first kappa shape index (κ1) is 28.4. The van der Waals surface area contributed by atoms with E-state index in [0.29, 0.717) is 5.75 Å². The number of hydrogen-bond donors (Lipinski definition) is 2. The van der Waals surface area contributed by atoms with Crippen molar-refractivity contribution in [1.82, 2.24) is 15.0 Å². The van der Waals surface area contributed by atoms with Crippen molar-refractivity contribution < 1.29 is 24.8 Å². The highest BCUT2D eigenvalue weighted by Crippen LogP contribution is 2.41. The molecule has 1 amide bonds. The van der Waals surface area contributed by atoms with Gasteiger partial charge in [0.2, 0.25) is 0 Å². The molecule has 0 saturated heterocycles. The second kappa shape index (κ2) is 10.7. The van der Waals surface area contributed by atoms with Gasteiger partial charge in [-0.2, -0.15) is 0 Å². The molecule has 38 heavy (non-hydrogen) atoms. The van der Waals surface area contributed by atoms with Crippen LogP contribution in [0.3, 0.4) is 0 Å². The Balaban J connectivity index is 2.11. The number of carbonyl (C=O) groups is 1. The topological polar surface area (TPSA) is 144 Å². The summed E-state index contributed by atoms with van der Waals surface area (Å²) in [4.78, 5) is 30.2. The maximum atomic E-state index is 13.0. The maximum absolute atomic E-state index is 13.0. The number of hydroxylamine groups is 1. The van der Waals surface area contributed by atoms with E-state index in [1.807, 2.05) is 12.1 Å². The van der Waals surface area contributed by atoms with E-state index >= 15 is 0 Å². The Morgan fingerprint density at radius 2 is 1.71 bits per heavy atom. The molecule has 0 spiro atoms. The van der Waals surface area contributed by atoms with Gasteiger partial charge in [0.25, 0.3) is 5.91 Å². The fourth-order valence-corrected chi connectivity index (χ4v) is 3.76. The molecule has 11 nitrogen and oxygen atoms in total. The summed E-state index contributed by atoms with van der Waals surface area (Å²) in [5, 5.41) is 40.9. The Labute approximate surface area is 221 Å². The molecule has 2 aromatic carbocycles. The molecular weight excluding hydrogens is 490 g/mol. The van der Waals surface area contributed by atoms with Crippen LogP contribution in [0.25, 0.3) is 5.69 Å². The number of aromatic nitrogens is 3. The van der Waals surface area contributed by atoms with E-state index in [2.05, 4.69) is 57.8 Å². The summed E-state index contributed by atoms with van der Waals surface area (Å²) < 4.78 is 0. The summed E-state index contributed by atoms with van der Waals surface area (Å²) in [5.74, 6) is -1.38. The number of phenols is 2. The summed E-state index contributed by atoms with van der Waals surface area (Å²) in [6, 6.07) is 8.14. The molecule has 2 N–H and O–H groups in total. The lowest BCUT2D eigenvalue weighted by molar-refractivity contribution is -0.389. The second-order valence-electron chi connectivity index (χ2n) is 10.4. The van der Waals surface area contributed by atoms with Crippen LogP contribution in [0.15, 0.2) is 36.5 Å². The smallest absolute Gasteiger partial charge is 0.410 e. The van der Waals surface area contributed by atoms with Gasteiger partial charge in [-0.3, -0.25) is 4.79 Å². The van der Waals surface area contributed by atoms with Crippen molar-refractivity contribution >= 4 is 17.4 Å². The zero-order valence-electron chi connectivity index (χ0n) is 22.8. The van der Waals surface area contributed by atoms with Crippen LogP contribution >= 0.6 is 0 Å². The summed E-state index contributed by atoms with van der Waals surface area (Å²) in [5.41, 5.74) is 1.49. The minimum absolute atomic E-state index is 0.0579. The first-order valence-electron chi connectivity index (χ1n) is 12.5. The molecule has 0 bridgehead atoms. The molecule has 11 heteroatoms. The van der Waals surface area contributed by atoms with Crippen molar-refractivity contribution in [1.29, 1.82) is 0 Å². The lowest BCUT2D eigenvalue weighted by atomic mass is 9.76. The number of nitro groups is 1. The molecule has 0 aliphatic heterocycles. The van der Waals surface area contributed by atoms with Gasteiger partial charge in [-0.15, -0.1) is 10.2 Å². The molecule has 0 aliphatic carbocycles. The van der Waals surface area contributed by atoms with Gasteiger partial charge >= 0.3 is 5.82 Å². The lowest BCUT2D eigenvalue weighted by Gasteiger charge is -2.32. The van der Waals surface area contributed by atoms with Crippen LogP contribution < -0.4 is 9.90 Å². The van der Waals surface area contributed by atoms with Crippen LogP contribution in [-0.4, -0.2) is 36.0 Å². The fourth-order valence-electron chi connectivity index (χ4n) is 3.76. The van der Waals surface area contributed by atoms with Crippen LogP contribution in [0, 0.1) is 10.1 Å². The highest BCUT2D eigenvalue weighted by molar-refractivity contribution is 5.93. The SMILES string of the molecule is CCC(=O)N(Oc1ccc(C(C)(C)CC)cc1C(C)(C)CC)c1cc(O)c(-n2ncc([N+](=O)[O-])n2)cc1O. The van der Waals surface area contributed by atoms with E-state index in [1.54, 1.807) is 6.92 Å². The zero-order chi connectivity index (χ0) is 28.4. The van der Waals surface area contributed by atoms with Crippen molar-refractivity contribution in [2.75, 3.05) is 5.06 Å². The van der Waals surface area contributed by atoms with E-state index in [9.17, 15) is 25.1 Å². The average molecular weight is 526 g/mol. The minimum atomic E-state index is -0.730. The van der Waals surface area contributed by atoms with Gasteiger partial charge in [-0.05, 0) is 40.2 Å². The monoisotopic (exact) mass is 525 g/mol. The quantitative estimate of drug-likeness (QED) is 0.195. The molecule has 1 heterocycles. The number of nitrogens with zero attached hydrogens (tertiary/aromatic N) is 5. The van der Waals surface area contributed by atoms with Gasteiger partial charge in [-0.1, -0.05) is 65.4 Å². The van der Waals surface area contributed by atoms with Crippen molar-refractivity contribution in [3.05, 3.63) is 57.8 Å². The maximum Gasteiger partial charge on any atom is 0.410 e. The van der Waals surface area contributed by atoms with Crippen LogP contribution in [0.5, 0.6) is 17.2 Å². The number of phenolic OH excluding ortho intramolecular Hbond substituents is 2. The van der Waals surface area contributed by atoms with Crippen LogP contribution in [0.4, 0.5) is 11.5 Å². The Morgan fingerprint density at radius 1 is 1.05 bits per heavy atom. The Hall–Kier alpha value is -4.15. The summed E-state index contributed by atoms with van der Waals surface area (Å²) in [6.45, 7) is 14.4. The molecular formula is C27H35N5O6. The molecule has 0 aliphatic rings. The predicted octanol–water partition coefficient (Wildman–Crippen LogP) is 5.70. The lowest BCUT2D eigenvalue weighted by Crippen LogP contribution is -2.35. The Kier molecular flexibility index (Phi) is 7.99. The van der Waals surface area contributed by atoms with E-state index in [4.69, 9.17) is 4.84 Å². The Morgan fingerprint density at radius 3 is 2.26 bits per heavy atom. The number of benzene rings is 2. The van der Waals surface area contributed by atoms with E-state index < -0.39 is 28.1 Å². The number of rotatable bonds is 10. The highest BCUT2D eigenvalue weighted by atomic mass is 16.7. The van der Waals surface area contributed by atoms with Gasteiger partial charge in [-0.25, -0.2) is 0 Å². The number of anilines is 1. The van der Waals surface area contributed by atoms with Gasteiger partial charge in [0.1, 0.15) is 17.2 Å². The Bertz CT molecular complexity index is 1350. The molecule has 3 aromatic rings. The standard InChI is InChI=1S/C27H35N5O6/c1-8-25(35)30(19-14-22(34)20(15-21(19)33)31-28-16-24(29-31)32(36)37)38-23-12-11-17(26(4,5)9-2)13-18(23)27(6,7)10-3/h11-16,33-34H,8-10H2,1-7H3. The summed E-state index contributed by atoms with van der Waals surface area (Å²) in [7, 11) is 0. The third-order valence-electron chi connectivity index (χ3n) is 7.15. The van der Waals surface area contributed by atoms with Crippen molar-refractivity contribution in [2.45, 2.75) is 78.6 Å². The van der Waals surface area contributed by atoms with Gasteiger partial charge in [0.15, 0.2) is 17.6 Å². The van der Waals surface area contributed by atoms with Gasteiger partial charge in [0, 0.05) is 24.1 Å². The molecule has 0 atom stereocenters. The number of carbonyl (C=O) groups excluding carboxylic acids is 1. The van der Waals surface area contributed by atoms with E-state index in [1.165, 1.54) is 0 Å². The zero-order valence-corrected chi connectivity index (χ0v) is 22.8. The van der Waals surface area contributed by atoms with Crippen LogP contribution in [0.2, 0.25) is 0 Å². The van der Waals surface area contributed by atoms with Gasteiger partial charge < -0.3 is 25.2 Å². The number of aromatic hydroxyl groups is 2. The van der Waals surface area contributed by atoms with Crippen molar-refractivity contribution in [2.24, 2.45) is 0 Å². The second-order valence-corrected chi connectivity index (χ2v) is 10.4. The molecule has 0 unspecified atom stereocenters. The predicted molar refractivity (Wildman–Crippen MR) is 143 cm³/mol. The normalized spacial score (nSPS) is 11.9. The summed E-state index contributed by atoms with van der Waals surface area (Å²) >= 11 is 0.